The standard InChI is InChI=1S/C10H18N4O/c1-3-14(4-2)10-8(9(15)5-11)6-12-7-13-10/h6-7,9,15H,3-5,11H2,1-2H3. The summed E-state index contributed by atoms with van der Waals surface area (Å²) in [6.45, 7) is 5.96. The molecule has 15 heavy (non-hydrogen) atoms. The zero-order chi connectivity index (χ0) is 11.3. The molecule has 0 saturated carbocycles. The summed E-state index contributed by atoms with van der Waals surface area (Å²) < 4.78 is 0. The predicted octanol–water partition coefficient (Wildman–Crippen LogP) is 0.315. The van der Waals surface area contributed by atoms with Gasteiger partial charge in [0.25, 0.3) is 0 Å². The summed E-state index contributed by atoms with van der Waals surface area (Å²) in [4.78, 5) is 10.2. The molecular formula is C10H18N4O. The first-order valence-electron chi connectivity index (χ1n) is 5.17. The van der Waals surface area contributed by atoms with Crippen LogP contribution in [0.3, 0.4) is 0 Å². The Bertz CT molecular complexity index is 301. The van der Waals surface area contributed by atoms with E-state index in [0.717, 1.165) is 18.9 Å². The highest BCUT2D eigenvalue weighted by Crippen LogP contribution is 2.21. The average Bonchev–Trinajstić information content (AvgIpc) is 2.30. The molecule has 1 atom stereocenters. The van der Waals surface area contributed by atoms with E-state index >= 15 is 0 Å². The van der Waals surface area contributed by atoms with Gasteiger partial charge < -0.3 is 15.7 Å². The molecule has 0 aliphatic rings. The van der Waals surface area contributed by atoms with Crippen LogP contribution in [0.1, 0.15) is 25.5 Å². The highest BCUT2D eigenvalue weighted by Gasteiger charge is 2.15. The molecule has 0 aliphatic heterocycles. The first-order valence-corrected chi connectivity index (χ1v) is 5.17. The Morgan fingerprint density at radius 1 is 1.47 bits per heavy atom. The van der Waals surface area contributed by atoms with E-state index in [4.69, 9.17) is 5.73 Å². The van der Waals surface area contributed by atoms with Crippen molar-refractivity contribution in [3.05, 3.63) is 18.1 Å². The lowest BCUT2D eigenvalue weighted by molar-refractivity contribution is 0.186. The molecule has 5 nitrogen and oxygen atoms in total. The van der Waals surface area contributed by atoms with Crippen molar-refractivity contribution < 1.29 is 5.11 Å². The van der Waals surface area contributed by atoms with Gasteiger partial charge in [-0.1, -0.05) is 0 Å². The van der Waals surface area contributed by atoms with Gasteiger partial charge in [0.1, 0.15) is 12.1 Å². The van der Waals surface area contributed by atoms with Crippen molar-refractivity contribution in [1.82, 2.24) is 9.97 Å². The van der Waals surface area contributed by atoms with E-state index in [1.54, 1.807) is 6.20 Å². The number of hydrogen-bond donors (Lipinski definition) is 2. The molecule has 1 rings (SSSR count). The minimum Gasteiger partial charge on any atom is -0.387 e. The van der Waals surface area contributed by atoms with Gasteiger partial charge in [0, 0.05) is 31.4 Å². The van der Waals surface area contributed by atoms with E-state index in [-0.39, 0.29) is 6.54 Å². The smallest absolute Gasteiger partial charge is 0.137 e. The molecule has 3 N–H and O–H groups in total. The van der Waals surface area contributed by atoms with E-state index in [1.807, 2.05) is 13.8 Å². The molecule has 0 fully saturated rings. The molecule has 0 saturated heterocycles. The number of nitrogens with zero attached hydrogens (tertiary/aromatic N) is 3. The van der Waals surface area contributed by atoms with Gasteiger partial charge in [-0.2, -0.15) is 0 Å². The van der Waals surface area contributed by atoms with E-state index < -0.39 is 6.10 Å². The largest absolute Gasteiger partial charge is 0.387 e. The van der Waals surface area contributed by atoms with Crippen LogP contribution in [-0.4, -0.2) is 34.7 Å². The third-order valence-electron chi connectivity index (χ3n) is 2.36. The molecule has 5 heteroatoms. The van der Waals surface area contributed by atoms with Gasteiger partial charge in [-0.15, -0.1) is 0 Å². The SMILES string of the molecule is CCN(CC)c1ncncc1C(O)CN. The van der Waals surface area contributed by atoms with Gasteiger partial charge in [0.2, 0.25) is 0 Å². The molecule has 84 valence electrons. The van der Waals surface area contributed by atoms with Crippen molar-refractivity contribution in [1.29, 1.82) is 0 Å². The van der Waals surface area contributed by atoms with Gasteiger partial charge in [-0.3, -0.25) is 0 Å². The fraction of sp³-hybridized carbons (Fsp3) is 0.600. The quantitative estimate of drug-likeness (QED) is 0.731. The fourth-order valence-corrected chi connectivity index (χ4v) is 1.48. The van der Waals surface area contributed by atoms with Crippen molar-refractivity contribution >= 4 is 5.82 Å². The summed E-state index contributed by atoms with van der Waals surface area (Å²) in [5.74, 6) is 0.771. The van der Waals surface area contributed by atoms with Gasteiger partial charge in [0.05, 0.1) is 6.10 Å². The lowest BCUT2D eigenvalue weighted by Crippen LogP contribution is -2.26. The highest BCUT2D eigenvalue weighted by molar-refractivity contribution is 5.46. The van der Waals surface area contributed by atoms with Gasteiger partial charge in [-0.25, -0.2) is 9.97 Å². The van der Waals surface area contributed by atoms with Crippen molar-refractivity contribution in [3.63, 3.8) is 0 Å². The lowest BCUT2D eigenvalue weighted by Gasteiger charge is -2.23. The topological polar surface area (TPSA) is 75.3 Å². The lowest BCUT2D eigenvalue weighted by atomic mass is 10.1. The number of aliphatic hydroxyl groups is 1. The van der Waals surface area contributed by atoms with Gasteiger partial charge >= 0.3 is 0 Å². The molecule has 1 heterocycles. The third kappa shape index (κ3) is 2.64. The predicted molar refractivity (Wildman–Crippen MR) is 59.6 cm³/mol. The van der Waals surface area contributed by atoms with E-state index in [9.17, 15) is 5.11 Å². The molecule has 0 aromatic carbocycles. The molecule has 0 aliphatic carbocycles. The number of aliphatic hydroxyl groups excluding tert-OH is 1. The maximum atomic E-state index is 9.72. The second-order valence-corrected chi connectivity index (χ2v) is 3.23. The summed E-state index contributed by atoms with van der Waals surface area (Å²) in [6.07, 6.45) is 2.42. The first kappa shape index (κ1) is 11.9. The van der Waals surface area contributed by atoms with Crippen molar-refractivity contribution in [2.75, 3.05) is 24.5 Å². The monoisotopic (exact) mass is 210 g/mol. The van der Waals surface area contributed by atoms with E-state index in [2.05, 4.69) is 14.9 Å². The van der Waals surface area contributed by atoms with Gasteiger partial charge in [-0.05, 0) is 13.8 Å². The zero-order valence-electron chi connectivity index (χ0n) is 9.22. The number of nitrogens with two attached hydrogens (primary N) is 1. The minimum atomic E-state index is -0.693. The molecule has 0 radical (unpaired) electrons. The molecule has 0 spiro atoms. The number of rotatable bonds is 5. The van der Waals surface area contributed by atoms with Crippen LogP contribution in [0, 0.1) is 0 Å². The fourth-order valence-electron chi connectivity index (χ4n) is 1.48. The molecule has 1 unspecified atom stereocenters. The van der Waals surface area contributed by atoms with Gasteiger partial charge in [0.15, 0.2) is 0 Å². The number of anilines is 1. The maximum absolute atomic E-state index is 9.72. The van der Waals surface area contributed by atoms with Crippen LogP contribution in [0.4, 0.5) is 5.82 Å². The Labute approximate surface area is 90.0 Å². The Morgan fingerprint density at radius 3 is 2.67 bits per heavy atom. The molecule has 0 amide bonds. The molecule has 0 bridgehead atoms. The number of aromatic nitrogens is 2. The van der Waals surface area contributed by atoms with Crippen LogP contribution in [0.15, 0.2) is 12.5 Å². The summed E-state index contributed by atoms with van der Waals surface area (Å²) in [5, 5.41) is 9.72. The Balaban J connectivity index is 3.04. The summed E-state index contributed by atoms with van der Waals surface area (Å²) >= 11 is 0. The highest BCUT2D eigenvalue weighted by atomic mass is 16.3. The molecule has 1 aromatic heterocycles. The first-order chi connectivity index (χ1) is 7.24. The van der Waals surface area contributed by atoms with Crippen LogP contribution in [0.5, 0.6) is 0 Å². The normalized spacial score (nSPS) is 12.5. The Morgan fingerprint density at radius 2 is 2.13 bits per heavy atom. The van der Waals surface area contributed by atoms with Crippen molar-refractivity contribution in [3.8, 4) is 0 Å². The maximum Gasteiger partial charge on any atom is 0.137 e. The molecule has 1 aromatic rings. The third-order valence-corrected chi connectivity index (χ3v) is 2.36. The van der Waals surface area contributed by atoms with Crippen LogP contribution < -0.4 is 10.6 Å². The van der Waals surface area contributed by atoms with Crippen molar-refractivity contribution in [2.24, 2.45) is 5.73 Å². The summed E-state index contributed by atoms with van der Waals surface area (Å²) in [6, 6.07) is 0. The van der Waals surface area contributed by atoms with E-state index in [1.165, 1.54) is 6.33 Å². The van der Waals surface area contributed by atoms with Crippen LogP contribution in [-0.2, 0) is 0 Å². The second-order valence-electron chi connectivity index (χ2n) is 3.23. The Kier molecular flexibility index (Phi) is 4.45. The van der Waals surface area contributed by atoms with E-state index in [0.29, 0.717) is 5.56 Å². The molecular weight excluding hydrogens is 192 g/mol. The Hall–Kier alpha value is -1.20. The number of hydrogen-bond acceptors (Lipinski definition) is 5. The van der Waals surface area contributed by atoms with Crippen LogP contribution >= 0.6 is 0 Å². The zero-order valence-corrected chi connectivity index (χ0v) is 9.22. The minimum absolute atomic E-state index is 0.182. The van der Waals surface area contributed by atoms with Crippen LogP contribution in [0.2, 0.25) is 0 Å². The second kappa shape index (κ2) is 5.63. The summed E-state index contributed by atoms with van der Waals surface area (Å²) in [7, 11) is 0. The summed E-state index contributed by atoms with van der Waals surface area (Å²) in [5.41, 5.74) is 6.13. The van der Waals surface area contributed by atoms with Crippen molar-refractivity contribution in [2.45, 2.75) is 20.0 Å². The average molecular weight is 210 g/mol. The van der Waals surface area contributed by atoms with Crippen LogP contribution in [0.25, 0.3) is 0 Å².